The summed E-state index contributed by atoms with van der Waals surface area (Å²) in [5.74, 6) is -3.61. The summed E-state index contributed by atoms with van der Waals surface area (Å²) < 4.78 is 87.0. The molecular weight excluding hydrogens is 762 g/mol. The lowest BCUT2D eigenvalue weighted by Gasteiger charge is -2.30. The summed E-state index contributed by atoms with van der Waals surface area (Å²) >= 11 is 0. The predicted octanol–water partition coefficient (Wildman–Crippen LogP) is 4.05. The Morgan fingerprint density at radius 2 is 1.79 bits per heavy atom. The van der Waals surface area contributed by atoms with E-state index >= 15 is 0 Å². The molecule has 7 rings (SSSR count). The van der Waals surface area contributed by atoms with Gasteiger partial charge in [0.2, 0.25) is 33.4 Å². The van der Waals surface area contributed by atoms with E-state index in [4.69, 9.17) is 14.2 Å². The van der Waals surface area contributed by atoms with Crippen LogP contribution in [0.3, 0.4) is 0 Å². The minimum atomic E-state index is -4.99. The van der Waals surface area contributed by atoms with Gasteiger partial charge in [-0.05, 0) is 77.3 Å². The molecular formula is C37H45F3N6O9S. The lowest BCUT2D eigenvalue weighted by Crippen LogP contribution is -2.58. The Balaban J connectivity index is 1.21. The molecule has 19 heteroatoms. The van der Waals surface area contributed by atoms with Crippen LogP contribution in [-0.2, 0) is 35.3 Å². The highest BCUT2D eigenvalue weighted by Crippen LogP contribution is 2.48. The summed E-state index contributed by atoms with van der Waals surface area (Å²) in [5, 5.41) is 5.37. The monoisotopic (exact) mass is 806 g/mol. The van der Waals surface area contributed by atoms with Gasteiger partial charge in [-0.3, -0.25) is 19.1 Å². The highest BCUT2D eigenvalue weighted by molar-refractivity contribution is 7.91. The number of nitrogens with zero attached hydrogens (tertiary/aromatic N) is 3. The first kappa shape index (κ1) is 39.6. The van der Waals surface area contributed by atoms with Crippen molar-refractivity contribution in [2.45, 2.75) is 125 Å². The molecule has 3 N–H and O–H groups in total. The molecule has 1 saturated heterocycles. The standard InChI is InChI=1S/C37H45F3N6O9S/c1-34(13-14-34)55-33(50)43-25-10-8-6-4-5-7-9-21-19-36(21,32(49)45-56(51,52)35(2)15-16-35)44-29(47)27-18-23(20-46(27)31(25)48)54-30-28(37(38,39)40)41-24-12-11-22(53-3)17-26(24)42-30/h7,9,11-12,17,21,23,25,27H,4-6,8,10,13-16,18-20H2,1-3H3,(H,43,50)(H,44,47)(H,45,49)/b9-7-/t21?,23-,25+,27+,36-/m1/s1. The smallest absolute Gasteiger partial charge is 0.438 e. The molecule has 5 aliphatic rings. The van der Waals surface area contributed by atoms with Gasteiger partial charge in [0, 0.05) is 18.4 Å². The second kappa shape index (κ2) is 14.4. The highest BCUT2D eigenvalue weighted by Gasteiger charge is 2.63. The molecule has 4 fully saturated rings. The zero-order valence-corrected chi connectivity index (χ0v) is 32.1. The number of carbonyl (C=O) groups excluding carboxylic acids is 4. The van der Waals surface area contributed by atoms with Crippen LogP contribution in [0.25, 0.3) is 11.0 Å². The number of nitrogens with one attached hydrogen (secondary N) is 3. The van der Waals surface area contributed by atoms with Crippen LogP contribution in [0.1, 0.15) is 90.2 Å². The Labute approximate surface area is 321 Å². The second-order valence-electron chi connectivity index (χ2n) is 16.0. The van der Waals surface area contributed by atoms with Gasteiger partial charge >= 0.3 is 12.3 Å². The average Bonchev–Trinajstić information content (AvgIpc) is 4.09. The molecule has 5 atom stereocenters. The lowest BCUT2D eigenvalue weighted by molar-refractivity contribution is -0.143. The molecule has 0 spiro atoms. The summed E-state index contributed by atoms with van der Waals surface area (Å²) in [6, 6.07) is 1.56. The predicted molar refractivity (Wildman–Crippen MR) is 193 cm³/mol. The molecule has 1 aromatic carbocycles. The van der Waals surface area contributed by atoms with Gasteiger partial charge in [0.15, 0.2) is 0 Å². The number of rotatable bonds is 8. The van der Waals surface area contributed by atoms with Crippen molar-refractivity contribution in [1.29, 1.82) is 0 Å². The average molecular weight is 807 g/mol. The molecule has 3 aliphatic carbocycles. The topological polar surface area (TPSA) is 195 Å². The number of alkyl carbamates (subject to hydrolysis) is 1. The minimum Gasteiger partial charge on any atom is -0.497 e. The van der Waals surface area contributed by atoms with Crippen LogP contribution in [0, 0.1) is 5.92 Å². The molecule has 2 aromatic rings. The van der Waals surface area contributed by atoms with Crippen molar-refractivity contribution < 1.29 is 55.0 Å². The van der Waals surface area contributed by atoms with Gasteiger partial charge < -0.3 is 29.7 Å². The third-order valence-electron chi connectivity index (χ3n) is 11.4. The number of allylic oxidation sites excluding steroid dienone is 1. The molecule has 3 saturated carbocycles. The Morgan fingerprint density at radius 1 is 1.04 bits per heavy atom. The van der Waals surface area contributed by atoms with E-state index < -0.39 is 98.1 Å². The third kappa shape index (κ3) is 8.09. The largest absolute Gasteiger partial charge is 0.497 e. The van der Waals surface area contributed by atoms with Crippen LogP contribution < -0.4 is 24.8 Å². The first-order valence-corrected chi connectivity index (χ1v) is 20.3. The summed E-state index contributed by atoms with van der Waals surface area (Å²) in [6.07, 6.45) is 1.01. The summed E-state index contributed by atoms with van der Waals surface area (Å²) in [7, 11) is -2.71. The lowest BCUT2D eigenvalue weighted by atomic mass is 10.0. The number of halogens is 3. The van der Waals surface area contributed by atoms with Gasteiger partial charge in [-0.1, -0.05) is 25.0 Å². The van der Waals surface area contributed by atoms with Crippen molar-refractivity contribution in [2.24, 2.45) is 5.92 Å². The number of fused-ring (bicyclic) bond motifs is 3. The van der Waals surface area contributed by atoms with E-state index in [1.54, 1.807) is 13.0 Å². The first-order valence-electron chi connectivity index (χ1n) is 18.8. The number of methoxy groups -OCH3 is 1. The highest BCUT2D eigenvalue weighted by atomic mass is 32.2. The third-order valence-corrected chi connectivity index (χ3v) is 13.6. The van der Waals surface area contributed by atoms with Crippen LogP contribution in [-0.4, -0.2) is 94.8 Å². The van der Waals surface area contributed by atoms with E-state index in [2.05, 4.69) is 25.3 Å². The maximum Gasteiger partial charge on any atom is 0.438 e. The summed E-state index contributed by atoms with van der Waals surface area (Å²) in [6.45, 7) is 2.88. The fourth-order valence-corrected chi connectivity index (χ4v) is 8.50. The molecule has 3 heterocycles. The SMILES string of the molecule is COc1ccc2nc(C(F)(F)F)c(O[C@@H]3C[C@H]4C(=O)N[C@]5(C(=O)NS(=O)(=O)C6(C)CC6)CC5/C=C\CCCCC[C@H](NC(=O)OC5(C)CC5)C(=O)N4C3)nc2c1. The minimum absolute atomic E-state index is 0.0388. The Kier molecular flexibility index (Phi) is 10.1. The van der Waals surface area contributed by atoms with Gasteiger partial charge in [0.25, 0.3) is 5.91 Å². The maximum atomic E-state index is 14.4. The van der Waals surface area contributed by atoms with Crippen LogP contribution in [0.5, 0.6) is 11.6 Å². The summed E-state index contributed by atoms with van der Waals surface area (Å²) in [5.41, 5.74) is -3.78. The Hall–Kier alpha value is -4.68. The number of carbonyl (C=O) groups is 4. The molecule has 4 amide bonds. The Bertz CT molecular complexity index is 2070. The quantitative estimate of drug-likeness (QED) is 0.326. The van der Waals surface area contributed by atoms with Crippen molar-refractivity contribution >= 4 is 44.9 Å². The first-order chi connectivity index (χ1) is 26.4. The molecule has 2 aliphatic heterocycles. The molecule has 0 radical (unpaired) electrons. The van der Waals surface area contributed by atoms with Gasteiger partial charge in [-0.15, -0.1) is 0 Å². The number of amides is 4. The molecule has 1 unspecified atom stereocenters. The number of alkyl halides is 3. The van der Waals surface area contributed by atoms with E-state index in [9.17, 15) is 40.8 Å². The molecule has 15 nitrogen and oxygen atoms in total. The van der Waals surface area contributed by atoms with E-state index in [1.165, 1.54) is 32.2 Å². The molecule has 1 aromatic heterocycles. The van der Waals surface area contributed by atoms with Crippen molar-refractivity contribution in [1.82, 2.24) is 30.2 Å². The molecule has 304 valence electrons. The van der Waals surface area contributed by atoms with Gasteiger partial charge in [0.1, 0.15) is 35.1 Å². The Morgan fingerprint density at radius 3 is 2.46 bits per heavy atom. The summed E-state index contributed by atoms with van der Waals surface area (Å²) in [4.78, 5) is 64.6. The van der Waals surface area contributed by atoms with Crippen molar-refractivity contribution in [3.05, 3.63) is 36.0 Å². The van der Waals surface area contributed by atoms with E-state index in [1.807, 2.05) is 6.08 Å². The van der Waals surface area contributed by atoms with Gasteiger partial charge in [0.05, 0.1) is 29.4 Å². The second-order valence-corrected chi connectivity index (χ2v) is 18.2. The number of ether oxygens (including phenoxy) is 3. The van der Waals surface area contributed by atoms with Crippen molar-refractivity contribution in [2.75, 3.05) is 13.7 Å². The fraction of sp³-hybridized carbons (Fsp3) is 0.622. The molecule has 0 bridgehead atoms. The van der Waals surface area contributed by atoms with E-state index in [0.717, 1.165) is 4.90 Å². The van der Waals surface area contributed by atoms with Crippen molar-refractivity contribution in [3.8, 4) is 11.6 Å². The van der Waals surface area contributed by atoms with Crippen LogP contribution in [0.2, 0.25) is 0 Å². The number of benzene rings is 1. The number of sulfonamides is 1. The van der Waals surface area contributed by atoms with Crippen LogP contribution >= 0.6 is 0 Å². The van der Waals surface area contributed by atoms with E-state index in [-0.39, 0.29) is 30.3 Å². The van der Waals surface area contributed by atoms with Crippen LogP contribution in [0.4, 0.5) is 18.0 Å². The number of hydrogen-bond acceptors (Lipinski definition) is 11. The zero-order valence-electron chi connectivity index (χ0n) is 31.2. The van der Waals surface area contributed by atoms with E-state index in [0.29, 0.717) is 57.1 Å². The maximum absolute atomic E-state index is 14.4. The fourth-order valence-electron chi connectivity index (χ4n) is 7.19. The van der Waals surface area contributed by atoms with Gasteiger partial charge in [-0.2, -0.15) is 13.2 Å². The van der Waals surface area contributed by atoms with Gasteiger partial charge in [-0.25, -0.2) is 23.2 Å². The van der Waals surface area contributed by atoms with Crippen molar-refractivity contribution in [3.63, 3.8) is 0 Å². The normalized spacial score (nSPS) is 29.0. The zero-order chi connectivity index (χ0) is 40.3. The number of hydrogen-bond donors (Lipinski definition) is 3. The van der Waals surface area contributed by atoms with Crippen LogP contribution in [0.15, 0.2) is 30.4 Å². The molecule has 56 heavy (non-hydrogen) atoms. The number of aromatic nitrogens is 2.